The molecule has 0 spiro atoms. The van der Waals surface area contributed by atoms with Crippen LogP contribution in [0.3, 0.4) is 0 Å². The summed E-state index contributed by atoms with van der Waals surface area (Å²) in [6.45, 7) is 0.737. The number of carbonyl (C=O) groups excluding carboxylic acids is 1. The summed E-state index contributed by atoms with van der Waals surface area (Å²) < 4.78 is 19.4. The Morgan fingerprint density at radius 2 is 1.69 bits per heavy atom. The average Bonchev–Trinajstić information content (AvgIpc) is 3.63. The van der Waals surface area contributed by atoms with Crippen LogP contribution in [0.25, 0.3) is 16.2 Å². The van der Waals surface area contributed by atoms with E-state index in [1.54, 1.807) is 42.0 Å². The summed E-state index contributed by atoms with van der Waals surface area (Å²) in [4.78, 5) is 18.3. The van der Waals surface area contributed by atoms with Crippen LogP contribution in [0.4, 0.5) is 0 Å². The highest BCUT2D eigenvalue weighted by Crippen LogP contribution is 2.26. The molecular weight excluding hydrogens is 480 g/mol. The predicted octanol–water partition coefficient (Wildman–Crippen LogP) is 3.66. The Morgan fingerprint density at radius 1 is 0.972 bits per heavy atom. The highest BCUT2D eigenvalue weighted by Gasteiger charge is 2.16. The fraction of sp³-hybridized carbons (Fsp3) is 0.200. The number of hydrogen-bond acceptors (Lipinski definition) is 8. The first-order chi connectivity index (χ1) is 17.6. The molecule has 0 aliphatic carbocycles. The smallest absolute Gasteiger partial charge is 0.269 e. The molecule has 2 aromatic carbocycles. The van der Waals surface area contributed by atoms with Gasteiger partial charge in [0.1, 0.15) is 28.6 Å². The Bertz CT molecular complexity index is 1480. The van der Waals surface area contributed by atoms with E-state index in [1.807, 2.05) is 48.7 Å². The van der Waals surface area contributed by atoms with Gasteiger partial charge in [-0.15, -0.1) is 16.4 Å². The lowest BCUT2D eigenvalue weighted by molar-refractivity contribution is 0.0945. The molecule has 3 heterocycles. The van der Waals surface area contributed by atoms with Gasteiger partial charge in [0, 0.05) is 23.2 Å². The average molecular weight is 505 g/mol. The molecule has 5 aromatic rings. The van der Waals surface area contributed by atoms with Crippen LogP contribution in [0.15, 0.2) is 60.2 Å². The third kappa shape index (κ3) is 4.86. The molecule has 0 radical (unpaired) electrons. The number of amides is 1. The van der Waals surface area contributed by atoms with Crippen LogP contribution in [0.2, 0.25) is 0 Å². The number of imidazole rings is 1. The predicted molar refractivity (Wildman–Crippen MR) is 135 cm³/mol. The Labute approximate surface area is 211 Å². The van der Waals surface area contributed by atoms with E-state index in [1.165, 1.54) is 11.3 Å². The normalized spacial score (nSPS) is 11.0. The van der Waals surface area contributed by atoms with Crippen molar-refractivity contribution in [3.8, 4) is 28.5 Å². The minimum atomic E-state index is -0.216. The van der Waals surface area contributed by atoms with Crippen molar-refractivity contribution in [1.29, 1.82) is 0 Å². The molecule has 1 amide bonds. The highest BCUT2D eigenvalue weighted by molar-refractivity contribution is 7.15. The van der Waals surface area contributed by atoms with E-state index in [4.69, 9.17) is 14.2 Å². The molecule has 36 heavy (non-hydrogen) atoms. The molecule has 0 aliphatic rings. The molecule has 0 saturated heterocycles. The molecule has 0 atom stereocenters. The van der Waals surface area contributed by atoms with E-state index in [2.05, 4.69) is 20.6 Å². The van der Waals surface area contributed by atoms with E-state index in [-0.39, 0.29) is 12.5 Å². The van der Waals surface area contributed by atoms with E-state index >= 15 is 0 Å². The van der Waals surface area contributed by atoms with Crippen molar-refractivity contribution in [3.05, 3.63) is 77.2 Å². The standard InChI is InChI=1S/C25H24N6O4S/c1-33-19-6-4-17(5-7-19)22-14-31-23(15-36-25(31)27-22)24(32)26-11-18-13-30(29-28-18)12-16-8-20(34-2)10-21(9-16)35-3/h4-10,13-15H,11-12H2,1-3H3,(H,26,32). The number of aromatic nitrogens is 5. The minimum Gasteiger partial charge on any atom is -0.497 e. The van der Waals surface area contributed by atoms with Crippen LogP contribution in [0.5, 0.6) is 17.2 Å². The van der Waals surface area contributed by atoms with Gasteiger partial charge >= 0.3 is 0 Å². The lowest BCUT2D eigenvalue weighted by Crippen LogP contribution is -2.24. The van der Waals surface area contributed by atoms with Gasteiger partial charge in [0.25, 0.3) is 5.91 Å². The van der Waals surface area contributed by atoms with Crippen molar-refractivity contribution in [2.24, 2.45) is 0 Å². The molecule has 10 nitrogen and oxygen atoms in total. The van der Waals surface area contributed by atoms with Crippen molar-refractivity contribution in [1.82, 2.24) is 29.7 Å². The maximum absolute atomic E-state index is 12.9. The second-order valence-corrected chi connectivity index (χ2v) is 8.78. The summed E-state index contributed by atoms with van der Waals surface area (Å²) in [6, 6.07) is 13.3. The minimum absolute atomic E-state index is 0.216. The van der Waals surface area contributed by atoms with Crippen molar-refractivity contribution in [3.63, 3.8) is 0 Å². The number of ether oxygens (including phenoxy) is 3. The third-order valence-electron chi connectivity index (χ3n) is 5.60. The molecule has 5 rings (SSSR count). The molecule has 0 saturated carbocycles. The third-order valence-corrected chi connectivity index (χ3v) is 6.44. The topological polar surface area (TPSA) is 105 Å². The molecule has 0 aliphatic heterocycles. The van der Waals surface area contributed by atoms with Gasteiger partial charge in [-0.3, -0.25) is 9.20 Å². The molecular formula is C25H24N6O4S. The molecule has 1 N–H and O–H groups in total. The fourth-order valence-corrected chi connectivity index (χ4v) is 4.60. The van der Waals surface area contributed by atoms with Crippen LogP contribution >= 0.6 is 11.3 Å². The summed E-state index contributed by atoms with van der Waals surface area (Å²) in [5, 5.41) is 13.1. The van der Waals surface area contributed by atoms with E-state index in [0.29, 0.717) is 29.4 Å². The zero-order valence-corrected chi connectivity index (χ0v) is 20.8. The van der Waals surface area contributed by atoms with E-state index in [0.717, 1.165) is 27.5 Å². The first kappa shape index (κ1) is 23.4. The molecule has 11 heteroatoms. The Kier molecular flexibility index (Phi) is 6.54. The number of nitrogens with one attached hydrogen (secondary N) is 1. The number of nitrogens with zero attached hydrogens (tertiary/aromatic N) is 5. The maximum Gasteiger partial charge on any atom is 0.269 e. The van der Waals surface area contributed by atoms with Crippen molar-refractivity contribution >= 4 is 22.2 Å². The van der Waals surface area contributed by atoms with Gasteiger partial charge in [0.15, 0.2) is 4.96 Å². The van der Waals surface area contributed by atoms with Gasteiger partial charge in [-0.1, -0.05) is 5.21 Å². The summed E-state index contributed by atoms with van der Waals surface area (Å²) in [6.07, 6.45) is 3.66. The zero-order chi connectivity index (χ0) is 25.1. The molecule has 184 valence electrons. The van der Waals surface area contributed by atoms with Crippen molar-refractivity contribution in [2.45, 2.75) is 13.1 Å². The molecule has 0 unspecified atom stereocenters. The van der Waals surface area contributed by atoms with Crippen molar-refractivity contribution in [2.75, 3.05) is 21.3 Å². The van der Waals surface area contributed by atoms with E-state index in [9.17, 15) is 4.79 Å². The number of methoxy groups -OCH3 is 3. The zero-order valence-electron chi connectivity index (χ0n) is 20.0. The van der Waals surface area contributed by atoms with E-state index < -0.39 is 0 Å². The van der Waals surface area contributed by atoms with Crippen LogP contribution in [0.1, 0.15) is 21.7 Å². The Morgan fingerprint density at radius 3 is 2.39 bits per heavy atom. The van der Waals surface area contributed by atoms with Gasteiger partial charge in [-0.05, 0) is 42.0 Å². The lowest BCUT2D eigenvalue weighted by Gasteiger charge is -2.08. The fourth-order valence-electron chi connectivity index (χ4n) is 3.75. The van der Waals surface area contributed by atoms with Gasteiger partial charge in [0.2, 0.25) is 0 Å². The van der Waals surface area contributed by atoms with Gasteiger partial charge in [-0.25, -0.2) is 9.67 Å². The lowest BCUT2D eigenvalue weighted by atomic mass is 10.2. The number of fused-ring (bicyclic) bond motifs is 1. The second kappa shape index (κ2) is 10.1. The Hall–Kier alpha value is -4.38. The summed E-state index contributed by atoms with van der Waals surface area (Å²) in [7, 11) is 4.85. The quantitative estimate of drug-likeness (QED) is 0.327. The second-order valence-electron chi connectivity index (χ2n) is 7.94. The van der Waals surface area contributed by atoms with Crippen LogP contribution in [0, 0.1) is 0 Å². The van der Waals surface area contributed by atoms with Gasteiger partial charge in [0.05, 0.1) is 46.3 Å². The molecule has 0 fully saturated rings. The number of hydrogen-bond donors (Lipinski definition) is 1. The number of carbonyl (C=O) groups is 1. The molecule has 0 bridgehead atoms. The van der Waals surface area contributed by atoms with Crippen LogP contribution < -0.4 is 19.5 Å². The monoisotopic (exact) mass is 504 g/mol. The van der Waals surface area contributed by atoms with Crippen molar-refractivity contribution < 1.29 is 19.0 Å². The SMILES string of the molecule is COc1ccc(-c2cn3c(C(=O)NCc4cn(Cc5cc(OC)cc(OC)c5)nn4)csc3n2)cc1. The first-order valence-electron chi connectivity index (χ1n) is 11.1. The first-order valence-corrected chi connectivity index (χ1v) is 11.9. The van der Waals surface area contributed by atoms with Gasteiger partial charge < -0.3 is 19.5 Å². The summed E-state index contributed by atoms with van der Waals surface area (Å²) in [5.41, 5.74) is 3.85. The molecule has 3 aromatic heterocycles. The number of benzene rings is 2. The largest absolute Gasteiger partial charge is 0.497 e. The number of rotatable bonds is 9. The summed E-state index contributed by atoms with van der Waals surface area (Å²) in [5.74, 6) is 1.97. The van der Waals surface area contributed by atoms with Crippen LogP contribution in [-0.4, -0.2) is 51.6 Å². The number of thiazole rings is 1. The highest BCUT2D eigenvalue weighted by atomic mass is 32.1. The Balaban J connectivity index is 1.25. The van der Waals surface area contributed by atoms with Gasteiger partial charge in [-0.2, -0.15) is 0 Å². The summed E-state index contributed by atoms with van der Waals surface area (Å²) >= 11 is 1.41. The van der Waals surface area contributed by atoms with Crippen LogP contribution in [-0.2, 0) is 13.1 Å². The maximum atomic E-state index is 12.9.